The second kappa shape index (κ2) is 7.61. The summed E-state index contributed by atoms with van der Waals surface area (Å²) < 4.78 is 4.51. The highest BCUT2D eigenvalue weighted by Gasteiger charge is 2.21. The Morgan fingerprint density at radius 1 is 1.33 bits per heavy atom. The van der Waals surface area contributed by atoms with Crippen LogP contribution in [0, 0.1) is 0 Å². The van der Waals surface area contributed by atoms with Crippen LogP contribution >= 0.6 is 0 Å². The molecule has 0 saturated heterocycles. The van der Waals surface area contributed by atoms with Crippen LogP contribution in [0.3, 0.4) is 0 Å². The Kier molecular flexibility index (Phi) is 6.13. The number of ether oxygens (including phenoxy) is 1. The van der Waals surface area contributed by atoms with Gasteiger partial charge in [-0.2, -0.15) is 0 Å². The van der Waals surface area contributed by atoms with Crippen LogP contribution in [0.15, 0.2) is 18.2 Å². The molecule has 1 rings (SSSR count). The molecule has 0 spiro atoms. The number of hydrogen-bond acceptors (Lipinski definition) is 6. The molecule has 116 valence electrons. The van der Waals surface area contributed by atoms with Gasteiger partial charge in [-0.25, -0.2) is 4.79 Å². The predicted molar refractivity (Wildman–Crippen MR) is 73.7 cm³/mol. The van der Waals surface area contributed by atoms with Gasteiger partial charge in [0.15, 0.2) is 0 Å². The van der Waals surface area contributed by atoms with Crippen molar-refractivity contribution in [2.24, 2.45) is 0 Å². The van der Waals surface area contributed by atoms with Crippen LogP contribution in [-0.4, -0.2) is 47.0 Å². The highest BCUT2D eigenvalue weighted by atomic mass is 16.5. The number of phenols is 1. The normalized spacial score (nSPS) is 13.3. The summed E-state index contributed by atoms with van der Waals surface area (Å²) in [4.78, 5) is 22.2. The van der Waals surface area contributed by atoms with Crippen molar-refractivity contribution in [3.05, 3.63) is 29.3 Å². The van der Waals surface area contributed by atoms with E-state index < -0.39 is 18.2 Å². The van der Waals surface area contributed by atoms with Crippen molar-refractivity contribution in [3.8, 4) is 5.75 Å². The zero-order valence-corrected chi connectivity index (χ0v) is 11.9. The van der Waals surface area contributed by atoms with Gasteiger partial charge in [-0.15, -0.1) is 0 Å². The molecule has 0 aliphatic rings. The summed E-state index contributed by atoms with van der Waals surface area (Å²) in [5, 5.41) is 32.0. The number of aromatic hydroxyl groups is 1. The zero-order chi connectivity index (χ0) is 16.0. The van der Waals surface area contributed by atoms with Crippen molar-refractivity contribution < 1.29 is 29.6 Å². The van der Waals surface area contributed by atoms with Crippen LogP contribution in [0.25, 0.3) is 0 Å². The number of amides is 1. The molecule has 0 saturated carbocycles. The minimum absolute atomic E-state index is 0.0943. The monoisotopic (exact) mass is 297 g/mol. The van der Waals surface area contributed by atoms with Crippen molar-refractivity contribution in [3.63, 3.8) is 0 Å². The molecule has 2 unspecified atom stereocenters. The van der Waals surface area contributed by atoms with Gasteiger partial charge in [-0.1, -0.05) is 6.07 Å². The summed E-state index contributed by atoms with van der Waals surface area (Å²) in [6, 6.07) is 3.90. The number of hydrogen-bond donors (Lipinski definition) is 4. The molecule has 0 bridgehead atoms. The Balaban J connectivity index is 2.79. The Morgan fingerprint density at radius 3 is 2.57 bits per heavy atom. The maximum absolute atomic E-state index is 11.5. The van der Waals surface area contributed by atoms with E-state index in [1.165, 1.54) is 32.2 Å². The number of carbonyl (C=O) groups excluding carboxylic acids is 2. The third kappa shape index (κ3) is 4.73. The van der Waals surface area contributed by atoms with Crippen LogP contribution in [0.4, 0.5) is 0 Å². The van der Waals surface area contributed by atoms with Gasteiger partial charge < -0.3 is 25.4 Å². The molecule has 0 heterocycles. The lowest BCUT2D eigenvalue weighted by molar-refractivity contribution is -0.119. The maximum Gasteiger partial charge on any atom is 0.341 e. The van der Waals surface area contributed by atoms with Gasteiger partial charge in [0.1, 0.15) is 17.4 Å². The molecule has 7 heteroatoms. The molecule has 1 aromatic rings. The van der Waals surface area contributed by atoms with E-state index in [1.54, 1.807) is 0 Å². The zero-order valence-electron chi connectivity index (χ0n) is 11.9. The topological polar surface area (TPSA) is 116 Å². The molecule has 4 N–H and O–H groups in total. The first-order valence-corrected chi connectivity index (χ1v) is 6.38. The second-order valence-corrected chi connectivity index (χ2v) is 4.55. The lowest BCUT2D eigenvalue weighted by Gasteiger charge is -2.19. The summed E-state index contributed by atoms with van der Waals surface area (Å²) >= 11 is 0. The Bertz CT molecular complexity index is 516. The summed E-state index contributed by atoms with van der Waals surface area (Å²) in [5.41, 5.74) is 0.173. The van der Waals surface area contributed by atoms with E-state index in [4.69, 9.17) is 0 Å². The van der Waals surface area contributed by atoms with Gasteiger partial charge in [-0.05, 0) is 24.1 Å². The second-order valence-electron chi connectivity index (χ2n) is 4.55. The maximum atomic E-state index is 11.5. The number of nitrogens with one attached hydrogen (secondary N) is 1. The molecule has 2 atom stereocenters. The molecule has 0 aliphatic heterocycles. The average molecular weight is 297 g/mol. The minimum atomic E-state index is -1.25. The lowest BCUT2D eigenvalue weighted by Crippen LogP contribution is -2.27. The Morgan fingerprint density at radius 2 is 2.00 bits per heavy atom. The van der Waals surface area contributed by atoms with Crippen LogP contribution in [0.5, 0.6) is 5.75 Å². The number of rotatable bonds is 6. The first-order valence-electron chi connectivity index (χ1n) is 6.38. The Labute approximate surface area is 122 Å². The van der Waals surface area contributed by atoms with E-state index in [-0.39, 0.29) is 35.7 Å². The standard InChI is InChI=1S/C14H19NO6/c1-8(16)15-6-5-12(18)13(19)9-3-4-11(17)10(7-9)14(20)21-2/h3-4,7,12-13,17-19H,5-6H2,1-2H3,(H,15,16). The summed E-state index contributed by atoms with van der Waals surface area (Å²) in [6.45, 7) is 1.57. The van der Waals surface area contributed by atoms with Gasteiger partial charge in [0.05, 0.1) is 13.2 Å². The number of esters is 1. The highest BCUT2D eigenvalue weighted by Crippen LogP contribution is 2.25. The van der Waals surface area contributed by atoms with Gasteiger partial charge in [0.25, 0.3) is 0 Å². The number of methoxy groups -OCH3 is 1. The number of carbonyl (C=O) groups is 2. The third-order valence-corrected chi connectivity index (χ3v) is 2.95. The number of aliphatic hydroxyl groups excluding tert-OH is 2. The van der Waals surface area contributed by atoms with Gasteiger partial charge in [-0.3, -0.25) is 4.79 Å². The molecule has 0 radical (unpaired) electrons. The van der Waals surface area contributed by atoms with Crippen LogP contribution in [0.2, 0.25) is 0 Å². The highest BCUT2D eigenvalue weighted by molar-refractivity contribution is 5.92. The fourth-order valence-electron chi connectivity index (χ4n) is 1.79. The van der Waals surface area contributed by atoms with E-state index in [2.05, 4.69) is 10.1 Å². The van der Waals surface area contributed by atoms with Crippen molar-refractivity contribution in [1.82, 2.24) is 5.32 Å². The summed E-state index contributed by atoms with van der Waals surface area (Å²) in [7, 11) is 1.17. The third-order valence-electron chi connectivity index (χ3n) is 2.95. The van der Waals surface area contributed by atoms with Crippen LogP contribution < -0.4 is 5.32 Å². The average Bonchev–Trinajstić information content (AvgIpc) is 2.45. The van der Waals surface area contributed by atoms with Crippen LogP contribution in [-0.2, 0) is 9.53 Å². The minimum Gasteiger partial charge on any atom is -0.507 e. The molecule has 1 aromatic carbocycles. The van der Waals surface area contributed by atoms with Crippen LogP contribution in [0.1, 0.15) is 35.4 Å². The smallest absolute Gasteiger partial charge is 0.341 e. The Hall–Kier alpha value is -2.12. The van der Waals surface area contributed by atoms with Crippen molar-refractivity contribution in [1.29, 1.82) is 0 Å². The van der Waals surface area contributed by atoms with E-state index >= 15 is 0 Å². The quantitative estimate of drug-likeness (QED) is 0.553. The van der Waals surface area contributed by atoms with E-state index in [9.17, 15) is 24.9 Å². The molecule has 1 amide bonds. The number of benzene rings is 1. The molecule has 21 heavy (non-hydrogen) atoms. The van der Waals surface area contributed by atoms with E-state index in [0.29, 0.717) is 0 Å². The summed E-state index contributed by atoms with van der Waals surface area (Å²) in [5.74, 6) is -1.24. The summed E-state index contributed by atoms with van der Waals surface area (Å²) in [6.07, 6.45) is -2.22. The predicted octanol–water partition coefficient (Wildman–Crippen LogP) is 0.0993. The first-order chi connectivity index (χ1) is 9.86. The molecule has 7 nitrogen and oxygen atoms in total. The molecular formula is C14H19NO6. The molecular weight excluding hydrogens is 278 g/mol. The fourth-order valence-corrected chi connectivity index (χ4v) is 1.79. The largest absolute Gasteiger partial charge is 0.507 e. The van der Waals surface area contributed by atoms with Crippen molar-refractivity contribution >= 4 is 11.9 Å². The van der Waals surface area contributed by atoms with Crippen molar-refractivity contribution in [2.45, 2.75) is 25.6 Å². The lowest BCUT2D eigenvalue weighted by atomic mass is 9.99. The SMILES string of the molecule is COC(=O)c1cc(C(O)C(O)CCNC(C)=O)ccc1O. The van der Waals surface area contributed by atoms with Gasteiger partial charge >= 0.3 is 5.97 Å². The van der Waals surface area contributed by atoms with Crippen molar-refractivity contribution in [2.75, 3.05) is 13.7 Å². The van der Waals surface area contributed by atoms with E-state index in [0.717, 1.165) is 0 Å². The first kappa shape index (κ1) is 16.9. The number of phenolic OH excluding ortho intramolecular Hbond substituents is 1. The molecule has 0 aliphatic carbocycles. The molecule has 0 aromatic heterocycles. The van der Waals surface area contributed by atoms with Gasteiger partial charge in [0, 0.05) is 13.5 Å². The fraction of sp³-hybridized carbons (Fsp3) is 0.429. The van der Waals surface area contributed by atoms with E-state index in [1.807, 2.05) is 0 Å². The molecule has 0 fully saturated rings. The number of aliphatic hydroxyl groups is 2. The van der Waals surface area contributed by atoms with Gasteiger partial charge in [0.2, 0.25) is 5.91 Å².